The molecule has 1 saturated carbocycles. The Hall–Kier alpha value is -2.63. The van der Waals surface area contributed by atoms with Crippen LogP contribution in [0.2, 0.25) is 0 Å². The van der Waals surface area contributed by atoms with Crippen LogP contribution in [0.15, 0.2) is 24.3 Å². The zero-order valence-electron chi connectivity index (χ0n) is 16.9. The fourth-order valence-electron chi connectivity index (χ4n) is 4.72. The van der Waals surface area contributed by atoms with Crippen molar-refractivity contribution < 1.29 is 9.59 Å². The average Bonchev–Trinajstić information content (AvgIpc) is 3.16. The Balaban J connectivity index is 1.31. The molecule has 2 aromatic rings. The molecule has 0 radical (unpaired) electrons. The number of amides is 2. The molecule has 2 amide bonds. The number of nitrogens with zero attached hydrogens (tertiary/aromatic N) is 1. The van der Waals surface area contributed by atoms with E-state index in [1.807, 2.05) is 12.1 Å². The van der Waals surface area contributed by atoms with Crippen LogP contribution < -0.4 is 11.1 Å². The van der Waals surface area contributed by atoms with E-state index in [9.17, 15) is 9.59 Å². The first-order chi connectivity index (χ1) is 14.1. The number of hydrogen-bond donors (Lipinski definition) is 3. The number of nitrogens with two attached hydrogens (primary N) is 1. The number of aromatic amines is 1. The maximum atomic E-state index is 12.5. The Labute approximate surface area is 171 Å². The number of benzene rings is 1. The van der Waals surface area contributed by atoms with Crippen molar-refractivity contribution in [3.05, 3.63) is 52.6 Å². The zero-order chi connectivity index (χ0) is 20.2. The molecule has 0 spiro atoms. The molecule has 4 N–H and O–H groups in total. The van der Waals surface area contributed by atoms with Gasteiger partial charge in [0.25, 0.3) is 0 Å². The van der Waals surface area contributed by atoms with Crippen LogP contribution in [-0.4, -0.2) is 27.8 Å². The van der Waals surface area contributed by atoms with Crippen molar-refractivity contribution in [1.29, 1.82) is 0 Å². The van der Waals surface area contributed by atoms with Crippen molar-refractivity contribution in [3.63, 3.8) is 0 Å². The van der Waals surface area contributed by atoms with E-state index in [-0.39, 0.29) is 11.9 Å². The van der Waals surface area contributed by atoms with Crippen molar-refractivity contribution in [2.45, 2.75) is 76.2 Å². The van der Waals surface area contributed by atoms with Gasteiger partial charge in [-0.3, -0.25) is 9.59 Å². The number of rotatable bonds is 6. The van der Waals surface area contributed by atoms with Crippen LogP contribution in [0.4, 0.5) is 0 Å². The third kappa shape index (κ3) is 4.69. The number of aryl methyl sites for hydroxylation is 2. The van der Waals surface area contributed by atoms with Gasteiger partial charge in [-0.2, -0.15) is 0 Å². The van der Waals surface area contributed by atoms with Crippen molar-refractivity contribution in [1.82, 2.24) is 15.3 Å². The number of nitrogens with one attached hydrogen (secondary N) is 2. The normalized spacial score (nSPS) is 19.5. The molecule has 1 aromatic heterocycles. The number of primary amides is 1. The van der Waals surface area contributed by atoms with Crippen molar-refractivity contribution >= 4 is 11.8 Å². The molecule has 0 bridgehead atoms. The highest BCUT2D eigenvalue weighted by Crippen LogP contribution is 2.32. The second-order valence-electron chi connectivity index (χ2n) is 8.41. The predicted molar refractivity (Wildman–Crippen MR) is 112 cm³/mol. The monoisotopic (exact) mass is 394 g/mol. The van der Waals surface area contributed by atoms with Gasteiger partial charge in [-0.15, -0.1) is 0 Å². The summed E-state index contributed by atoms with van der Waals surface area (Å²) in [6, 6.07) is 7.36. The lowest BCUT2D eigenvalue weighted by Crippen LogP contribution is -2.39. The predicted octanol–water partition coefficient (Wildman–Crippen LogP) is 3.16. The summed E-state index contributed by atoms with van der Waals surface area (Å²) in [6.07, 6.45) is 9.93. The molecule has 1 aromatic carbocycles. The molecule has 6 nitrogen and oxygen atoms in total. The molecule has 154 valence electrons. The number of carbonyl (C=O) groups excluding carboxylic acids is 2. The van der Waals surface area contributed by atoms with E-state index in [1.54, 1.807) is 12.1 Å². The molecule has 2 aliphatic rings. The minimum absolute atomic E-state index is 0.0183. The Morgan fingerprint density at radius 2 is 1.93 bits per heavy atom. The zero-order valence-corrected chi connectivity index (χ0v) is 16.9. The first-order valence-corrected chi connectivity index (χ1v) is 10.8. The molecule has 6 heteroatoms. The van der Waals surface area contributed by atoms with Crippen molar-refractivity contribution in [2.75, 3.05) is 0 Å². The van der Waals surface area contributed by atoms with E-state index in [0.717, 1.165) is 30.7 Å². The number of fused-ring (bicyclic) bond motifs is 1. The van der Waals surface area contributed by atoms with E-state index < -0.39 is 5.91 Å². The highest BCUT2D eigenvalue weighted by molar-refractivity contribution is 5.94. The smallest absolute Gasteiger partial charge is 0.248 e. The SMILES string of the molecule is NC(=O)c1ccccc1CCC(=O)NC1CCc2nc(C3CCCCC3)[nH]c2C1. The molecule has 0 aliphatic heterocycles. The maximum Gasteiger partial charge on any atom is 0.248 e. The second-order valence-corrected chi connectivity index (χ2v) is 8.41. The molecule has 1 heterocycles. The molecule has 1 atom stereocenters. The summed E-state index contributed by atoms with van der Waals surface area (Å²) in [4.78, 5) is 32.5. The summed E-state index contributed by atoms with van der Waals surface area (Å²) < 4.78 is 0. The Morgan fingerprint density at radius 3 is 2.72 bits per heavy atom. The molecule has 1 unspecified atom stereocenters. The van der Waals surface area contributed by atoms with Gasteiger partial charge in [0.2, 0.25) is 11.8 Å². The first-order valence-electron chi connectivity index (χ1n) is 10.8. The Bertz CT molecular complexity index is 883. The largest absolute Gasteiger partial charge is 0.366 e. The van der Waals surface area contributed by atoms with Crippen LogP contribution in [-0.2, 0) is 24.1 Å². The van der Waals surface area contributed by atoms with Gasteiger partial charge in [-0.05, 0) is 43.7 Å². The summed E-state index contributed by atoms with van der Waals surface area (Å²) in [5.41, 5.74) is 9.13. The molecule has 2 aliphatic carbocycles. The highest BCUT2D eigenvalue weighted by atomic mass is 16.2. The van der Waals surface area contributed by atoms with Gasteiger partial charge in [0.15, 0.2) is 0 Å². The summed E-state index contributed by atoms with van der Waals surface area (Å²) >= 11 is 0. The van der Waals surface area contributed by atoms with Crippen LogP contribution in [0, 0.1) is 0 Å². The van der Waals surface area contributed by atoms with Crippen LogP contribution in [0.3, 0.4) is 0 Å². The fourth-order valence-corrected chi connectivity index (χ4v) is 4.72. The van der Waals surface area contributed by atoms with Crippen LogP contribution in [0.25, 0.3) is 0 Å². The standard InChI is InChI=1S/C23H30N4O2/c24-22(29)18-9-5-4-6-15(18)10-13-21(28)25-17-11-12-19-20(14-17)27-23(26-19)16-7-2-1-3-8-16/h4-6,9,16-17H,1-3,7-8,10-14H2,(H2,24,29)(H,25,28)(H,26,27). The average molecular weight is 395 g/mol. The summed E-state index contributed by atoms with van der Waals surface area (Å²) in [7, 11) is 0. The third-order valence-corrected chi connectivity index (χ3v) is 6.32. The third-order valence-electron chi connectivity index (χ3n) is 6.32. The van der Waals surface area contributed by atoms with Gasteiger partial charge in [-0.1, -0.05) is 37.5 Å². The second kappa shape index (κ2) is 8.80. The number of carbonyl (C=O) groups is 2. The maximum absolute atomic E-state index is 12.5. The molecular weight excluding hydrogens is 364 g/mol. The lowest BCUT2D eigenvalue weighted by molar-refractivity contribution is -0.121. The van der Waals surface area contributed by atoms with E-state index >= 15 is 0 Å². The molecular formula is C23H30N4O2. The Kier molecular flexibility index (Phi) is 5.97. The minimum Gasteiger partial charge on any atom is -0.366 e. The van der Waals surface area contributed by atoms with Gasteiger partial charge in [-0.25, -0.2) is 4.98 Å². The molecule has 1 fully saturated rings. The van der Waals surface area contributed by atoms with Gasteiger partial charge in [0.1, 0.15) is 5.82 Å². The van der Waals surface area contributed by atoms with E-state index in [4.69, 9.17) is 10.7 Å². The van der Waals surface area contributed by atoms with Crippen molar-refractivity contribution in [2.24, 2.45) is 5.73 Å². The number of hydrogen-bond acceptors (Lipinski definition) is 3. The van der Waals surface area contributed by atoms with Gasteiger partial charge in [0.05, 0.1) is 5.69 Å². The number of H-pyrrole nitrogens is 1. The summed E-state index contributed by atoms with van der Waals surface area (Å²) in [5, 5.41) is 3.16. The molecule has 4 rings (SSSR count). The van der Waals surface area contributed by atoms with Gasteiger partial charge >= 0.3 is 0 Å². The molecule has 0 saturated heterocycles. The summed E-state index contributed by atoms with van der Waals surface area (Å²) in [6.45, 7) is 0. The van der Waals surface area contributed by atoms with Crippen LogP contribution in [0.1, 0.15) is 84.0 Å². The fraction of sp³-hybridized carbons (Fsp3) is 0.522. The molecule has 29 heavy (non-hydrogen) atoms. The topological polar surface area (TPSA) is 101 Å². The highest BCUT2D eigenvalue weighted by Gasteiger charge is 2.26. The van der Waals surface area contributed by atoms with E-state index in [0.29, 0.717) is 24.3 Å². The number of imidazole rings is 1. The van der Waals surface area contributed by atoms with Crippen molar-refractivity contribution in [3.8, 4) is 0 Å². The minimum atomic E-state index is -0.450. The van der Waals surface area contributed by atoms with Crippen LogP contribution in [0.5, 0.6) is 0 Å². The van der Waals surface area contributed by atoms with E-state index in [2.05, 4.69) is 10.3 Å². The Morgan fingerprint density at radius 1 is 1.14 bits per heavy atom. The quantitative estimate of drug-likeness (QED) is 0.701. The van der Waals surface area contributed by atoms with E-state index in [1.165, 1.54) is 43.5 Å². The number of aromatic nitrogens is 2. The first kappa shape index (κ1) is 19.7. The lowest BCUT2D eigenvalue weighted by atomic mass is 9.89. The summed E-state index contributed by atoms with van der Waals surface area (Å²) in [5.74, 6) is 1.30. The van der Waals surface area contributed by atoms with Gasteiger partial charge < -0.3 is 16.0 Å². The lowest BCUT2D eigenvalue weighted by Gasteiger charge is -2.22. The van der Waals surface area contributed by atoms with Crippen LogP contribution >= 0.6 is 0 Å². The van der Waals surface area contributed by atoms with Gasteiger partial charge in [0, 0.05) is 36.1 Å².